The Balaban J connectivity index is 1.88. The first kappa shape index (κ1) is 24.4. The Morgan fingerprint density at radius 2 is 1.59 bits per heavy atom. The number of aromatic nitrogens is 2. The van der Waals surface area contributed by atoms with Crippen molar-refractivity contribution < 1.29 is 17.9 Å². The van der Waals surface area contributed by atoms with Gasteiger partial charge in [0.25, 0.3) is 0 Å². The van der Waals surface area contributed by atoms with Crippen molar-refractivity contribution in [3.05, 3.63) is 88.4 Å². The van der Waals surface area contributed by atoms with Crippen molar-refractivity contribution >= 4 is 33.0 Å². The van der Waals surface area contributed by atoms with E-state index in [1.165, 1.54) is 29.0 Å². The van der Waals surface area contributed by atoms with Gasteiger partial charge in [0.05, 0.1) is 31.9 Å². The predicted octanol–water partition coefficient (Wildman–Crippen LogP) is 6.28. The highest BCUT2D eigenvalue weighted by atomic mass is 35.5. The van der Waals surface area contributed by atoms with Gasteiger partial charge in [-0.25, -0.2) is 17.8 Å². The fourth-order valence-corrected chi connectivity index (χ4v) is 4.77. The molecule has 176 valence electrons. The Kier molecular flexibility index (Phi) is 6.33. The highest BCUT2D eigenvalue weighted by Crippen LogP contribution is 2.37. The Morgan fingerprint density at radius 3 is 2.18 bits per heavy atom. The smallest absolute Gasteiger partial charge is 0.175 e. The van der Waals surface area contributed by atoms with E-state index in [2.05, 4.69) is 4.98 Å². The number of halogens is 3. The standard InChI is InChI=1S/C25H21Cl2FN2O3S/c1-25(2,31)22-14-30(24(29-22)23-18(26)8-5-9-19(23)27)21-11-10-16(13-20(21)28)15-6-4-7-17(12-15)34(3,32)33/h4-14,31H,1-3H3. The molecule has 0 saturated heterocycles. The summed E-state index contributed by atoms with van der Waals surface area (Å²) in [5.41, 5.74) is 0.652. The molecule has 34 heavy (non-hydrogen) atoms. The molecule has 0 saturated carbocycles. The lowest BCUT2D eigenvalue weighted by Gasteiger charge is -2.13. The highest BCUT2D eigenvalue weighted by Gasteiger charge is 2.26. The van der Waals surface area contributed by atoms with E-state index >= 15 is 4.39 Å². The van der Waals surface area contributed by atoms with Crippen molar-refractivity contribution in [2.45, 2.75) is 24.3 Å². The van der Waals surface area contributed by atoms with Crippen LogP contribution in [0.15, 0.2) is 71.8 Å². The first-order valence-corrected chi connectivity index (χ1v) is 12.9. The van der Waals surface area contributed by atoms with Crippen molar-refractivity contribution in [3.63, 3.8) is 0 Å². The minimum Gasteiger partial charge on any atom is -0.384 e. The van der Waals surface area contributed by atoms with E-state index in [1.54, 1.807) is 56.3 Å². The van der Waals surface area contributed by atoms with Gasteiger partial charge in [0.2, 0.25) is 0 Å². The molecule has 0 amide bonds. The monoisotopic (exact) mass is 518 g/mol. The van der Waals surface area contributed by atoms with Crippen LogP contribution in [-0.4, -0.2) is 29.3 Å². The predicted molar refractivity (Wildman–Crippen MR) is 133 cm³/mol. The molecule has 1 aromatic heterocycles. The molecule has 1 N–H and O–H groups in total. The average Bonchev–Trinajstić information content (AvgIpc) is 3.18. The van der Waals surface area contributed by atoms with Crippen molar-refractivity contribution in [1.29, 1.82) is 0 Å². The minimum absolute atomic E-state index is 0.148. The summed E-state index contributed by atoms with van der Waals surface area (Å²) in [5.74, 6) is -0.301. The van der Waals surface area contributed by atoms with E-state index in [0.717, 1.165) is 6.26 Å². The van der Waals surface area contributed by atoms with Gasteiger partial charge in [-0.05, 0) is 61.4 Å². The van der Waals surface area contributed by atoms with Crippen molar-refractivity contribution in [2.24, 2.45) is 0 Å². The third-order valence-electron chi connectivity index (χ3n) is 5.32. The zero-order valence-corrected chi connectivity index (χ0v) is 20.9. The number of hydrogen-bond acceptors (Lipinski definition) is 4. The van der Waals surface area contributed by atoms with Crippen LogP contribution in [0.2, 0.25) is 10.0 Å². The zero-order chi connectivity index (χ0) is 24.8. The second-order valence-corrected chi connectivity index (χ2v) is 11.3. The zero-order valence-electron chi connectivity index (χ0n) is 18.6. The summed E-state index contributed by atoms with van der Waals surface area (Å²) in [7, 11) is -3.41. The third kappa shape index (κ3) is 4.74. The SMILES string of the molecule is CC(C)(O)c1cn(-c2ccc(-c3cccc(S(C)(=O)=O)c3)cc2F)c(-c2c(Cl)cccc2Cl)n1. The molecular formula is C25H21Cl2FN2O3S. The normalized spacial score (nSPS) is 12.2. The number of hydrogen-bond donors (Lipinski definition) is 1. The number of nitrogens with zero attached hydrogens (tertiary/aromatic N) is 2. The molecule has 0 aliphatic carbocycles. The summed E-state index contributed by atoms with van der Waals surface area (Å²) in [5, 5.41) is 11.2. The second kappa shape index (κ2) is 8.82. The highest BCUT2D eigenvalue weighted by molar-refractivity contribution is 7.90. The molecule has 0 fully saturated rings. The van der Waals surface area contributed by atoms with E-state index in [9.17, 15) is 13.5 Å². The van der Waals surface area contributed by atoms with Gasteiger partial charge in [-0.15, -0.1) is 0 Å². The maximum Gasteiger partial charge on any atom is 0.175 e. The maximum absolute atomic E-state index is 15.5. The van der Waals surface area contributed by atoms with Crippen LogP contribution in [-0.2, 0) is 15.4 Å². The summed E-state index contributed by atoms with van der Waals surface area (Å²) < 4.78 is 40.8. The molecule has 0 bridgehead atoms. The number of benzene rings is 3. The van der Waals surface area contributed by atoms with Crippen LogP contribution in [0, 0.1) is 5.82 Å². The second-order valence-electron chi connectivity index (χ2n) is 8.44. The number of aliphatic hydroxyl groups is 1. The lowest BCUT2D eigenvalue weighted by atomic mass is 10.0. The van der Waals surface area contributed by atoms with Crippen LogP contribution in [0.1, 0.15) is 19.5 Å². The topological polar surface area (TPSA) is 72.2 Å². The van der Waals surface area contributed by atoms with Gasteiger partial charge >= 0.3 is 0 Å². The van der Waals surface area contributed by atoms with Crippen molar-refractivity contribution in [3.8, 4) is 28.2 Å². The first-order valence-electron chi connectivity index (χ1n) is 10.2. The maximum atomic E-state index is 15.5. The van der Waals surface area contributed by atoms with Gasteiger partial charge in [-0.2, -0.15) is 0 Å². The van der Waals surface area contributed by atoms with E-state index in [1.807, 2.05) is 0 Å². The molecule has 0 radical (unpaired) electrons. The molecule has 0 spiro atoms. The summed E-state index contributed by atoms with van der Waals surface area (Å²) in [4.78, 5) is 4.67. The molecule has 0 aliphatic rings. The molecule has 9 heteroatoms. The molecule has 5 nitrogen and oxygen atoms in total. The Labute approximate surface area is 207 Å². The summed E-state index contributed by atoms with van der Waals surface area (Å²) in [6.07, 6.45) is 2.66. The Morgan fingerprint density at radius 1 is 0.971 bits per heavy atom. The largest absolute Gasteiger partial charge is 0.384 e. The van der Waals surface area contributed by atoms with Crippen LogP contribution in [0.5, 0.6) is 0 Å². The third-order valence-corrected chi connectivity index (χ3v) is 7.06. The molecule has 4 rings (SSSR count). The number of rotatable bonds is 5. The molecule has 4 aromatic rings. The van der Waals surface area contributed by atoms with E-state index < -0.39 is 21.3 Å². The van der Waals surface area contributed by atoms with Gasteiger partial charge in [-0.1, -0.05) is 47.5 Å². The van der Waals surface area contributed by atoms with Gasteiger partial charge in [0, 0.05) is 12.5 Å². The summed E-state index contributed by atoms with van der Waals surface area (Å²) >= 11 is 12.8. The van der Waals surface area contributed by atoms with E-state index in [-0.39, 0.29) is 16.4 Å². The lowest BCUT2D eigenvalue weighted by Crippen LogP contribution is -2.15. The lowest BCUT2D eigenvalue weighted by molar-refractivity contribution is 0.0743. The van der Waals surface area contributed by atoms with Crippen LogP contribution in [0.3, 0.4) is 0 Å². The van der Waals surface area contributed by atoms with Gasteiger partial charge in [0.15, 0.2) is 9.84 Å². The van der Waals surface area contributed by atoms with Gasteiger partial charge < -0.3 is 5.11 Å². The van der Waals surface area contributed by atoms with E-state index in [4.69, 9.17) is 23.2 Å². The first-order chi connectivity index (χ1) is 15.9. The molecule has 0 aliphatic heterocycles. The molecule has 0 atom stereocenters. The number of sulfone groups is 1. The fourth-order valence-electron chi connectivity index (χ4n) is 3.53. The van der Waals surface area contributed by atoms with Crippen molar-refractivity contribution in [2.75, 3.05) is 6.26 Å². The molecular weight excluding hydrogens is 498 g/mol. The fraction of sp³-hybridized carbons (Fsp3) is 0.160. The van der Waals surface area contributed by atoms with Crippen molar-refractivity contribution in [1.82, 2.24) is 9.55 Å². The molecule has 0 unspecified atom stereocenters. The Hall–Kier alpha value is -2.71. The minimum atomic E-state index is -3.41. The Bertz CT molecular complexity index is 1490. The van der Waals surface area contributed by atoms with Crippen LogP contribution < -0.4 is 0 Å². The van der Waals surface area contributed by atoms with Crippen LogP contribution in [0.25, 0.3) is 28.2 Å². The summed E-state index contributed by atoms with van der Waals surface area (Å²) in [6, 6.07) is 15.9. The molecule has 1 heterocycles. The number of imidazole rings is 1. The van der Waals surface area contributed by atoms with Crippen LogP contribution in [0.4, 0.5) is 4.39 Å². The van der Waals surface area contributed by atoms with Crippen LogP contribution >= 0.6 is 23.2 Å². The van der Waals surface area contributed by atoms with E-state index in [0.29, 0.717) is 32.4 Å². The van der Waals surface area contributed by atoms with Gasteiger partial charge in [0.1, 0.15) is 17.2 Å². The summed E-state index contributed by atoms with van der Waals surface area (Å²) in [6.45, 7) is 3.15. The molecule has 3 aromatic carbocycles. The quantitative estimate of drug-likeness (QED) is 0.337. The van der Waals surface area contributed by atoms with Gasteiger partial charge in [-0.3, -0.25) is 4.57 Å². The average molecular weight is 519 g/mol.